The van der Waals surface area contributed by atoms with Crippen LogP contribution in [0.5, 0.6) is 0 Å². The number of carboxylic acid groups (broad SMARTS) is 1. The lowest BCUT2D eigenvalue weighted by molar-refractivity contribution is -0.138. The minimum absolute atomic E-state index is 0.296. The fourth-order valence-electron chi connectivity index (χ4n) is 3.80. The molecule has 166 valence electrons. The first kappa shape index (κ1) is 22.4. The van der Waals surface area contributed by atoms with Crippen LogP contribution >= 0.6 is 0 Å². The van der Waals surface area contributed by atoms with E-state index >= 15 is 0 Å². The largest absolute Gasteiger partial charge is 0.480 e. The van der Waals surface area contributed by atoms with Gasteiger partial charge < -0.3 is 10.8 Å². The third-order valence-corrected chi connectivity index (χ3v) is 5.76. The molecule has 1 heterocycles. The summed E-state index contributed by atoms with van der Waals surface area (Å²) >= 11 is 0. The minimum atomic E-state index is -0.998. The Labute approximate surface area is 194 Å². The van der Waals surface area contributed by atoms with E-state index in [4.69, 9.17) is 10.8 Å². The second-order valence-electron chi connectivity index (χ2n) is 8.26. The first-order valence-electron chi connectivity index (χ1n) is 11.0. The maximum atomic E-state index is 10.9. The number of rotatable bonds is 8. The lowest BCUT2D eigenvalue weighted by atomic mass is 9.95. The summed E-state index contributed by atoms with van der Waals surface area (Å²) < 4.78 is 0. The van der Waals surface area contributed by atoms with Gasteiger partial charge in [-0.1, -0.05) is 78.4 Å². The molecule has 4 rings (SSSR count). The van der Waals surface area contributed by atoms with E-state index in [1.165, 1.54) is 22.3 Å². The van der Waals surface area contributed by atoms with Crippen LogP contribution in [0.2, 0.25) is 0 Å². The summed E-state index contributed by atoms with van der Waals surface area (Å²) in [5, 5.41) is 8.96. The van der Waals surface area contributed by atoms with E-state index in [9.17, 15) is 4.79 Å². The number of nitrogens with two attached hydrogens (primary N) is 1. The van der Waals surface area contributed by atoms with Crippen molar-refractivity contribution in [3.63, 3.8) is 0 Å². The van der Waals surface area contributed by atoms with Gasteiger partial charge in [-0.3, -0.25) is 14.8 Å². The Balaban J connectivity index is 1.42. The number of carbonyl (C=O) groups is 1. The summed E-state index contributed by atoms with van der Waals surface area (Å²) in [5.74, 6) is -0.998. The van der Waals surface area contributed by atoms with Crippen LogP contribution < -0.4 is 5.73 Å². The lowest BCUT2D eigenvalue weighted by Crippen LogP contribution is -2.32. The molecule has 0 amide bonds. The van der Waals surface area contributed by atoms with Crippen LogP contribution in [0.15, 0.2) is 85.2 Å². The van der Waals surface area contributed by atoms with E-state index in [-0.39, 0.29) is 0 Å². The molecule has 4 aromatic rings. The number of aliphatic carboxylic acids is 1. The van der Waals surface area contributed by atoms with E-state index in [2.05, 4.69) is 65.4 Å². The number of carboxylic acids is 1. The summed E-state index contributed by atoms with van der Waals surface area (Å²) in [6.45, 7) is 2.10. The predicted molar refractivity (Wildman–Crippen MR) is 131 cm³/mol. The number of nitrogens with zero attached hydrogens (tertiary/aromatic N) is 2. The molecule has 0 saturated carbocycles. The van der Waals surface area contributed by atoms with Gasteiger partial charge in [0.25, 0.3) is 0 Å². The average Bonchev–Trinajstić information content (AvgIpc) is 2.84. The van der Waals surface area contributed by atoms with Crippen molar-refractivity contribution in [2.24, 2.45) is 5.73 Å². The van der Waals surface area contributed by atoms with Crippen molar-refractivity contribution < 1.29 is 9.90 Å². The molecular formula is C28H27N3O2. The molecule has 5 nitrogen and oxygen atoms in total. The molecule has 33 heavy (non-hydrogen) atoms. The van der Waals surface area contributed by atoms with Crippen LogP contribution in [0.3, 0.4) is 0 Å². The highest BCUT2D eigenvalue weighted by Crippen LogP contribution is 2.25. The summed E-state index contributed by atoms with van der Waals surface area (Å²) in [7, 11) is 0. The smallest absolute Gasteiger partial charge is 0.320 e. The highest BCUT2D eigenvalue weighted by atomic mass is 16.4. The number of aryl methyl sites for hydroxylation is 3. The van der Waals surface area contributed by atoms with Gasteiger partial charge in [0.1, 0.15) is 6.04 Å². The molecule has 1 aromatic heterocycles. The van der Waals surface area contributed by atoms with Crippen molar-refractivity contribution in [3.05, 3.63) is 108 Å². The van der Waals surface area contributed by atoms with Gasteiger partial charge in [0.15, 0.2) is 0 Å². The Morgan fingerprint density at radius 1 is 0.879 bits per heavy atom. The molecule has 0 aliphatic carbocycles. The first-order valence-corrected chi connectivity index (χ1v) is 11.0. The van der Waals surface area contributed by atoms with Crippen LogP contribution in [0.1, 0.15) is 22.4 Å². The Hall–Kier alpha value is -3.83. The second kappa shape index (κ2) is 10.2. The predicted octanol–water partition coefficient (Wildman–Crippen LogP) is 4.86. The molecule has 0 spiro atoms. The van der Waals surface area contributed by atoms with E-state index < -0.39 is 12.0 Å². The molecule has 0 fully saturated rings. The zero-order chi connectivity index (χ0) is 23.2. The summed E-state index contributed by atoms with van der Waals surface area (Å²) in [4.78, 5) is 20.1. The van der Waals surface area contributed by atoms with Crippen LogP contribution in [0.4, 0.5) is 0 Å². The van der Waals surface area contributed by atoms with Gasteiger partial charge in [0, 0.05) is 11.8 Å². The Morgan fingerprint density at radius 2 is 1.58 bits per heavy atom. The zero-order valence-corrected chi connectivity index (χ0v) is 18.6. The molecular weight excluding hydrogens is 410 g/mol. The van der Waals surface area contributed by atoms with E-state index in [0.717, 1.165) is 35.4 Å². The number of hydrogen-bond acceptors (Lipinski definition) is 4. The van der Waals surface area contributed by atoms with Crippen LogP contribution in [-0.4, -0.2) is 27.1 Å². The normalized spacial score (nSPS) is 11.8. The Kier molecular flexibility index (Phi) is 6.91. The van der Waals surface area contributed by atoms with Gasteiger partial charge in [-0.25, -0.2) is 0 Å². The maximum Gasteiger partial charge on any atom is 0.320 e. The standard InChI is InChI=1S/C28H27N3O2/c1-19-6-10-22(11-7-19)25-5-3-2-4-21(25)14-15-24-17-31-27(18-30-24)23-12-8-20(9-13-23)16-26(29)28(32)33/h2-13,17-18,26H,14-16,29H2,1H3,(H,32,33)/t26-/m0/s1. The Morgan fingerprint density at radius 3 is 2.24 bits per heavy atom. The molecule has 3 N–H and O–H groups in total. The van der Waals surface area contributed by atoms with Crippen molar-refractivity contribution in [1.29, 1.82) is 0 Å². The van der Waals surface area contributed by atoms with E-state index in [1.807, 2.05) is 30.5 Å². The lowest BCUT2D eigenvalue weighted by Gasteiger charge is -2.10. The third-order valence-electron chi connectivity index (χ3n) is 5.76. The molecule has 3 aromatic carbocycles. The van der Waals surface area contributed by atoms with Gasteiger partial charge in [-0.05, 0) is 48.4 Å². The van der Waals surface area contributed by atoms with Crippen molar-refractivity contribution >= 4 is 5.97 Å². The van der Waals surface area contributed by atoms with Gasteiger partial charge in [-0.15, -0.1) is 0 Å². The summed E-state index contributed by atoms with van der Waals surface area (Å²) in [6, 6.07) is 23.8. The summed E-state index contributed by atoms with van der Waals surface area (Å²) in [5.41, 5.74) is 14.2. The van der Waals surface area contributed by atoms with Crippen LogP contribution in [0, 0.1) is 6.92 Å². The monoisotopic (exact) mass is 437 g/mol. The molecule has 1 atom stereocenters. The van der Waals surface area contributed by atoms with E-state index in [1.54, 1.807) is 6.20 Å². The summed E-state index contributed by atoms with van der Waals surface area (Å²) in [6.07, 6.45) is 5.61. The van der Waals surface area contributed by atoms with Crippen LogP contribution in [-0.2, 0) is 24.1 Å². The number of hydrogen-bond donors (Lipinski definition) is 2. The molecule has 0 aliphatic heterocycles. The SMILES string of the molecule is Cc1ccc(-c2ccccc2CCc2cnc(-c3ccc(C[C@H](N)C(=O)O)cc3)cn2)cc1. The molecule has 5 heteroatoms. The second-order valence-corrected chi connectivity index (χ2v) is 8.26. The van der Waals surface area contributed by atoms with Gasteiger partial charge in [0.05, 0.1) is 17.6 Å². The molecule has 0 bridgehead atoms. The molecule has 0 saturated heterocycles. The first-order chi connectivity index (χ1) is 16.0. The molecule has 0 unspecified atom stereocenters. The van der Waals surface area contributed by atoms with Crippen molar-refractivity contribution in [1.82, 2.24) is 9.97 Å². The van der Waals surface area contributed by atoms with Gasteiger partial charge >= 0.3 is 5.97 Å². The van der Waals surface area contributed by atoms with Crippen molar-refractivity contribution in [2.75, 3.05) is 0 Å². The van der Waals surface area contributed by atoms with Gasteiger partial charge in [0.2, 0.25) is 0 Å². The number of aromatic nitrogens is 2. The highest BCUT2D eigenvalue weighted by Gasteiger charge is 2.12. The number of benzene rings is 3. The molecule has 0 aliphatic rings. The maximum absolute atomic E-state index is 10.9. The van der Waals surface area contributed by atoms with Gasteiger partial charge in [-0.2, -0.15) is 0 Å². The van der Waals surface area contributed by atoms with Crippen LogP contribution in [0.25, 0.3) is 22.4 Å². The fourth-order valence-corrected chi connectivity index (χ4v) is 3.80. The third kappa shape index (κ3) is 5.70. The quantitative estimate of drug-likeness (QED) is 0.411. The highest BCUT2D eigenvalue weighted by molar-refractivity contribution is 5.73. The van der Waals surface area contributed by atoms with E-state index in [0.29, 0.717) is 6.42 Å². The van der Waals surface area contributed by atoms with Crippen molar-refractivity contribution in [3.8, 4) is 22.4 Å². The topological polar surface area (TPSA) is 89.1 Å². The fraction of sp³-hybridized carbons (Fsp3) is 0.179. The zero-order valence-electron chi connectivity index (χ0n) is 18.6. The van der Waals surface area contributed by atoms with Crippen molar-refractivity contribution in [2.45, 2.75) is 32.2 Å². The molecule has 0 radical (unpaired) electrons. The average molecular weight is 438 g/mol. The Bertz CT molecular complexity index is 1220. The minimum Gasteiger partial charge on any atom is -0.480 e.